The molecule has 0 heterocycles. The third kappa shape index (κ3) is 3.88. The van der Waals surface area contributed by atoms with E-state index < -0.39 is 11.6 Å². The molecule has 103 valence electrons. The normalized spacial score (nSPS) is 10.9. The van der Waals surface area contributed by atoms with Crippen LogP contribution in [0.2, 0.25) is 0 Å². The standard InChI is InChI=1S/C16H14F2NO/c1-2-12-3-5-13(6-4-12)10-19-20-11-14-9-15(17)7-8-16(14)18/h3-9H,2,11H2,1H3. The molecule has 0 bridgehead atoms. The fourth-order valence-electron chi connectivity index (χ4n) is 1.66. The zero-order chi connectivity index (χ0) is 14.4. The number of rotatable bonds is 5. The van der Waals surface area contributed by atoms with Crippen molar-refractivity contribution in [3.8, 4) is 0 Å². The lowest BCUT2D eigenvalue weighted by molar-refractivity contribution is 0.129. The van der Waals surface area contributed by atoms with Gasteiger partial charge in [0.25, 0.3) is 0 Å². The minimum absolute atomic E-state index is 0.122. The summed E-state index contributed by atoms with van der Waals surface area (Å²) in [6, 6.07) is 10.9. The van der Waals surface area contributed by atoms with Crippen molar-refractivity contribution in [1.29, 1.82) is 0 Å². The lowest BCUT2D eigenvalue weighted by Crippen LogP contribution is -1.94. The third-order valence-electron chi connectivity index (χ3n) is 2.83. The number of hydrogen-bond donors (Lipinski definition) is 0. The summed E-state index contributed by atoms with van der Waals surface area (Å²) in [7, 11) is 0. The summed E-state index contributed by atoms with van der Waals surface area (Å²) < 4.78 is 26.2. The molecule has 0 saturated heterocycles. The minimum Gasteiger partial charge on any atom is -0.390 e. The van der Waals surface area contributed by atoms with Crippen LogP contribution in [0.5, 0.6) is 0 Å². The Hall–Kier alpha value is -2.23. The molecule has 0 fully saturated rings. The van der Waals surface area contributed by atoms with E-state index in [-0.39, 0.29) is 12.2 Å². The van der Waals surface area contributed by atoms with Crippen LogP contribution in [0.15, 0.2) is 47.6 Å². The van der Waals surface area contributed by atoms with E-state index in [0.29, 0.717) is 0 Å². The predicted molar refractivity (Wildman–Crippen MR) is 73.5 cm³/mol. The van der Waals surface area contributed by atoms with E-state index >= 15 is 0 Å². The Morgan fingerprint density at radius 3 is 2.55 bits per heavy atom. The van der Waals surface area contributed by atoms with Gasteiger partial charge in [0.15, 0.2) is 0 Å². The summed E-state index contributed by atoms with van der Waals surface area (Å²) in [4.78, 5) is 4.92. The lowest BCUT2D eigenvalue weighted by Gasteiger charge is -2.01. The molecule has 4 heteroatoms. The van der Waals surface area contributed by atoms with Crippen LogP contribution in [0, 0.1) is 11.6 Å². The maximum atomic E-state index is 13.3. The van der Waals surface area contributed by atoms with E-state index in [1.54, 1.807) is 0 Å². The smallest absolute Gasteiger partial charge is 0.145 e. The largest absolute Gasteiger partial charge is 0.390 e. The first-order valence-electron chi connectivity index (χ1n) is 6.30. The second kappa shape index (κ2) is 6.80. The Labute approximate surface area is 116 Å². The van der Waals surface area contributed by atoms with E-state index in [2.05, 4.69) is 18.3 Å². The van der Waals surface area contributed by atoms with E-state index in [1.807, 2.05) is 24.3 Å². The Morgan fingerprint density at radius 2 is 1.85 bits per heavy atom. The highest BCUT2D eigenvalue weighted by molar-refractivity contribution is 5.79. The SMILES string of the molecule is CCc1ccc(/[C]=N\OCc2cc(F)ccc2F)cc1. The Morgan fingerprint density at radius 1 is 1.10 bits per heavy atom. The van der Waals surface area contributed by atoms with Crippen LogP contribution in [-0.2, 0) is 17.9 Å². The number of hydrogen-bond acceptors (Lipinski definition) is 2. The van der Waals surface area contributed by atoms with Crippen LogP contribution in [0.1, 0.15) is 23.6 Å². The Balaban J connectivity index is 1.91. The van der Waals surface area contributed by atoms with Crippen molar-refractivity contribution in [2.75, 3.05) is 0 Å². The van der Waals surface area contributed by atoms with Gasteiger partial charge in [0.05, 0.1) is 0 Å². The van der Waals surface area contributed by atoms with Crippen LogP contribution < -0.4 is 0 Å². The van der Waals surface area contributed by atoms with Gasteiger partial charge in [-0.05, 0) is 30.2 Å². The molecule has 2 nitrogen and oxygen atoms in total. The molecule has 0 saturated carbocycles. The molecule has 0 aliphatic heterocycles. The summed E-state index contributed by atoms with van der Waals surface area (Å²) in [6.45, 7) is 1.94. The number of aryl methyl sites for hydroxylation is 1. The molecule has 2 rings (SSSR count). The molecule has 0 aromatic heterocycles. The number of benzene rings is 2. The van der Waals surface area contributed by atoms with Crippen molar-refractivity contribution in [3.05, 3.63) is 70.8 Å². The number of nitrogens with zero attached hydrogens (tertiary/aromatic N) is 1. The van der Waals surface area contributed by atoms with E-state index in [9.17, 15) is 8.78 Å². The fraction of sp³-hybridized carbons (Fsp3) is 0.188. The molecule has 0 N–H and O–H groups in total. The zero-order valence-electron chi connectivity index (χ0n) is 11.1. The molecule has 20 heavy (non-hydrogen) atoms. The van der Waals surface area contributed by atoms with Gasteiger partial charge in [0.1, 0.15) is 24.5 Å². The second-order valence-corrected chi connectivity index (χ2v) is 4.26. The summed E-state index contributed by atoms with van der Waals surface area (Å²) in [5, 5.41) is 3.62. The van der Waals surface area contributed by atoms with Crippen molar-refractivity contribution in [2.24, 2.45) is 5.16 Å². The summed E-state index contributed by atoms with van der Waals surface area (Å²) in [5.74, 6) is -1.03. The van der Waals surface area contributed by atoms with Gasteiger partial charge >= 0.3 is 0 Å². The molecule has 2 aromatic carbocycles. The first kappa shape index (κ1) is 14.2. The van der Waals surface area contributed by atoms with Gasteiger partial charge < -0.3 is 4.84 Å². The first-order valence-corrected chi connectivity index (χ1v) is 6.30. The minimum atomic E-state index is -0.520. The van der Waals surface area contributed by atoms with Gasteiger partial charge in [0, 0.05) is 11.1 Å². The highest BCUT2D eigenvalue weighted by atomic mass is 19.1. The second-order valence-electron chi connectivity index (χ2n) is 4.26. The van der Waals surface area contributed by atoms with Gasteiger partial charge in [-0.2, -0.15) is 0 Å². The van der Waals surface area contributed by atoms with Crippen LogP contribution in [0.25, 0.3) is 0 Å². The zero-order valence-corrected chi connectivity index (χ0v) is 11.1. The van der Waals surface area contributed by atoms with Gasteiger partial charge in [0.2, 0.25) is 0 Å². The fourth-order valence-corrected chi connectivity index (χ4v) is 1.66. The average molecular weight is 274 g/mol. The van der Waals surface area contributed by atoms with Gasteiger partial charge in [-0.3, -0.25) is 0 Å². The molecule has 0 unspecified atom stereocenters. The molecule has 0 atom stereocenters. The highest BCUT2D eigenvalue weighted by Crippen LogP contribution is 2.11. The van der Waals surface area contributed by atoms with Gasteiger partial charge in [-0.25, -0.2) is 8.78 Å². The maximum absolute atomic E-state index is 13.3. The maximum Gasteiger partial charge on any atom is 0.145 e. The van der Waals surface area contributed by atoms with Crippen molar-refractivity contribution in [2.45, 2.75) is 20.0 Å². The van der Waals surface area contributed by atoms with Crippen LogP contribution >= 0.6 is 0 Å². The molecule has 2 aromatic rings. The van der Waals surface area contributed by atoms with Crippen molar-refractivity contribution in [1.82, 2.24) is 0 Å². The van der Waals surface area contributed by atoms with Crippen LogP contribution in [0.3, 0.4) is 0 Å². The van der Waals surface area contributed by atoms with E-state index in [0.717, 1.165) is 30.2 Å². The Bertz CT molecular complexity index is 594. The first-order chi connectivity index (χ1) is 9.69. The Kier molecular flexibility index (Phi) is 4.82. The topological polar surface area (TPSA) is 21.6 Å². The average Bonchev–Trinajstić information content (AvgIpc) is 2.47. The summed E-state index contributed by atoms with van der Waals surface area (Å²) >= 11 is 0. The van der Waals surface area contributed by atoms with Crippen molar-refractivity contribution >= 4 is 6.21 Å². The molecule has 0 spiro atoms. The highest BCUT2D eigenvalue weighted by Gasteiger charge is 2.03. The lowest BCUT2D eigenvalue weighted by atomic mass is 10.1. The molecule has 1 radical (unpaired) electrons. The predicted octanol–water partition coefficient (Wildman–Crippen LogP) is 3.95. The van der Waals surface area contributed by atoms with E-state index in [4.69, 9.17) is 4.84 Å². The third-order valence-corrected chi connectivity index (χ3v) is 2.83. The van der Waals surface area contributed by atoms with Crippen molar-refractivity contribution < 1.29 is 13.6 Å². The van der Waals surface area contributed by atoms with Crippen LogP contribution in [0.4, 0.5) is 8.78 Å². The van der Waals surface area contributed by atoms with Gasteiger partial charge in [-0.15, -0.1) is 0 Å². The van der Waals surface area contributed by atoms with Crippen LogP contribution in [-0.4, -0.2) is 6.21 Å². The number of halogens is 2. The molecular formula is C16H14F2NO. The summed E-state index contributed by atoms with van der Waals surface area (Å²) in [5.41, 5.74) is 2.11. The molecular weight excluding hydrogens is 260 g/mol. The van der Waals surface area contributed by atoms with Gasteiger partial charge in [-0.1, -0.05) is 36.3 Å². The molecule has 0 aliphatic rings. The quantitative estimate of drug-likeness (QED) is 0.597. The monoisotopic (exact) mass is 274 g/mol. The molecule has 0 amide bonds. The summed E-state index contributed by atoms with van der Waals surface area (Å²) in [6.07, 6.45) is 3.65. The van der Waals surface area contributed by atoms with Crippen molar-refractivity contribution in [3.63, 3.8) is 0 Å². The van der Waals surface area contributed by atoms with E-state index in [1.165, 1.54) is 5.56 Å². The molecule has 0 aliphatic carbocycles.